The van der Waals surface area contributed by atoms with Crippen LogP contribution in [0.2, 0.25) is 0 Å². The number of pyridine rings is 1. The van der Waals surface area contributed by atoms with Crippen molar-refractivity contribution in [3.05, 3.63) is 35.3 Å². The van der Waals surface area contributed by atoms with Crippen LogP contribution in [0.25, 0.3) is 0 Å². The van der Waals surface area contributed by atoms with Gasteiger partial charge in [0, 0.05) is 11.6 Å². The molecule has 2 rings (SSSR count). The van der Waals surface area contributed by atoms with Gasteiger partial charge >= 0.3 is 0 Å². The fourth-order valence-electron chi connectivity index (χ4n) is 2.03. The molecule has 5 nitrogen and oxygen atoms in total. The van der Waals surface area contributed by atoms with Gasteiger partial charge in [0.05, 0.1) is 17.9 Å². The van der Waals surface area contributed by atoms with Crippen LogP contribution in [0.5, 0.6) is 0 Å². The first-order valence-electron chi connectivity index (χ1n) is 5.99. The number of anilines is 1. The van der Waals surface area contributed by atoms with Gasteiger partial charge in [-0.25, -0.2) is 4.68 Å². The highest BCUT2D eigenvalue weighted by Gasteiger charge is 2.24. The van der Waals surface area contributed by atoms with E-state index in [9.17, 15) is 0 Å². The van der Waals surface area contributed by atoms with Crippen LogP contribution >= 0.6 is 0 Å². The molecule has 18 heavy (non-hydrogen) atoms. The van der Waals surface area contributed by atoms with E-state index in [1.807, 2.05) is 23.7 Å². The molecular formula is C13H19N5. The highest BCUT2D eigenvalue weighted by molar-refractivity contribution is 5.38. The van der Waals surface area contributed by atoms with Crippen LogP contribution in [0.3, 0.4) is 0 Å². The molecular weight excluding hydrogens is 226 g/mol. The van der Waals surface area contributed by atoms with Crippen LogP contribution in [0.1, 0.15) is 37.7 Å². The highest BCUT2D eigenvalue weighted by atomic mass is 15.4. The third-order valence-corrected chi connectivity index (χ3v) is 2.89. The molecule has 0 aromatic carbocycles. The number of aryl methyl sites for hydroxylation is 1. The summed E-state index contributed by atoms with van der Waals surface area (Å²) in [6.07, 6.45) is 1.79. The molecule has 0 atom stereocenters. The van der Waals surface area contributed by atoms with Gasteiger partial charge < -0.3 is 5.73 Å². The van der Waals surface area contributed by atoms with Gasteiger partial charge in [0.15, 0.2) is 5.82 Å². The number of hydrogen-bond acceptors (Lipinski definition) is 4. The average molecular weight is 245 g/mol. The van der Waals surface area contributed by atoms with E-state index in [1.54, 1.807) is 6.20 Å². The summed E-state index contributed by atoms with van der Waals surface area (Å²) in [5.41, 5.74) is 8.91. The molecule has 0 spiro atoms. The second-order valence-corrected chi connectivity index (χ2v) is 5.50. The third-order valence-electron chi connectivity index (χ3n) is 2.89. The van der Waals surface area contributed by atoms with Crippen LogP contribution in [0.4, 0.5) is 5.82 Å². The summed E-state index contributed by atoms with van der Waals surface area (Å²) in [7, 11) is 0. The summed E-state index contributed by atoms with van der Waals surface area (Å²) in [5.74, 6) is 0.496. The summed E-state index contributed by atoms with van der Waals surface area (Å²) >= 11 is 0. The van der Waals surface area contributed by atoms with Crippen LogP contribution < -0.4 is 5.73 Å². The quantitative estimate of drug-likeness (QED) is 0.877. The standard InChI is InChI=1S/C13H19N5/c1-9-6-5-7-15-10(9)8-18-11(13(2,3)4)12(14)16-17-18/h5-7H,8,14H2,1-4H3. The average Bonchev–Trinajstić information content (AvgIpc) is 2.62. The topological polar surface area (TPSA) is 69.6 Å². The maximum Gasteiger partial charge on any atom is 0.169 e. The Balaban J connectivity index is 2.39. The lowest BCUT2D eigenvalue weighted by molar-refractivity contribution is 0.499. The fourth-order valence-corrected chi connectivity index (χ4v) is 2.03. The largest absolute Gasteiger partial charge is 0.381 e. The lowest BCUT2D eigenvalue weighted by atomic mass is 9.92. The molecule has 0 bridgehead atoms. The Bertz CT molecular complexity index is 551. The van der Waals surface area contributed by atoms with Crippen molar-refractivity contribution in [1.82, 2.24) is 20.0 Å². The Labute approximate surface area is 107 Å². The molecule has 2 aromatic heterocycles. The normalized spacial score (nSPS) is 11.8. The van der Waals surface area contributed by atoms with Crippen molar-refractivity contribution in [3.8, 4) is 0 Å². The molecule has 0 saturated carbocycles. The SMILES string of the molecule is Cc1cccnc1Cn1nnc(N)c1C(C)(C)C. The zero-order valence-corrected chi connectivity index (χ0v) is 11.3. The molecule has 0 radical (unpaired) electrons. The van der Waals surface area contributed by atoms with Crippen LogP contribution in [-0.4, -0.2) is 20.0 Å². The Morgan fingerprint density at radius 3 is 2.67 bits per heavy atom. The molecule has 5 heteroatoms. The number of rotatable bonds is 2. The first-order chi connectivity index (χ1) is 8.39. The second-order valence-electron chi connectivity index (χ2n) is 5.50. The summed E-state index contributed by atoms with van der Waals surface area (Å²) in [4.78, 5) is 4.38. The van der Waals surface area contributed by atoms with E-state index in [2.05, 4.69) is 36.1 Å². The monoisotopic (exact) mass is 245 g/mol. The van der Waals surface area contributed by atoms with Crippen molar-refractivity contribution in [2.24, 2.45) is 0 Å². The van der Waals surface area contributed by atoms with Crippen LogP contribution in [0.15, 0.2) is 18.3 Å². The van der Waals surface area contributed by atoms with Crippen molar-refractivity contribution < 1.29 is 0 Å². The van der Waals surface area contributed by atoms with Crippen molar-refractivity contribution in [3.63, 3.8) is 0 Å². The number of nitrogens with two attached hydrogens (primary N) is 1. The van der Waals surface area contributed by atoms with Gasteiger partial charge in [-0.05, 0) is 18.6 Å². The molecule has 0 aliphatic heterocycles. The molecule has 2 N–H and O–H groups in total. The van der Waals surface area contributed by atoms with E-state index >= 15 is 0 Å². The summed E-state index contributed by atoms with van der Waals surface area (Å²) in [5, 5.41) is 8.09. The van der Waals surface area contributed by atoms with Gasteiger partial charge in [0.25, 0.3) is 0 Å². The fraction of sp³-hybridized carbons (Fsp3) is 0.462. The van der Waals surface area contributed by atoms with Crippen LogP contribution in [-0.2, 0) is 12.0 Å². The highest BCUT2D eigenvalue weighted by Crippen LogP contribution is 2.26. The van der Waals surface area contributed by atoms with E-state index in [0.717, 1.165) is 17.0 Å². The summed E-state index contributed by atoms with van der Waals surface area (Å²) in [6.45, 7) is 8.94. The smallest absolute Gasteiger partial charge is 0.169 e. The maximum absolute atomic E-state index is 5.90. The number of nitrogens with zero attached hydrogens (tertiary/aromatic N) is 4. The van der Waals surface area contributed by atoms with E-state index < -0.39 is 0 Å². The van der Waals surface area contributed by atoms with Gasteiger partial charge in [-0.15, -0.1) is 5.10 Å². The first kappa shape index (κ1) is 12.5. The zero-order chi connectivity index (χ0) is 13.3. The predicted octanol–water partition coefficient (Wildman–Crippen LogP) is 1.91. The molecule has 96 valence electrons. The third kappa shape index (κ3) is 2.34. The van der Waals surface area contributed by atoms with Gasteiger partial charge in [0.2, 0.25) is 0 Å². The van der Waals surface area contributed by atoms with E-state index in [1.165, 1.54) is 0 Å². The Kier molecular flexibility index (Phi) is 3.07. The summed E-state index contributed by atoms with van der Waals surface area (Å²) < 4.78 is 1.84. The summed E-state index contributed by atoms with van der Waals surface area (Å²) in [6, 6.07) is 3.97. The maximum atomic E-state index is 5.90. The van der Waals surface area contributed by atoms with E-state index in [0.29, 0.717) is 12.4 Å². The van der Waals surface area contributed by atoms with Gasteiger partial charge in [-0.2, -0.15) is 0 Å². The lowest BCUT2D eigenvalue weighted by Gasteiger charge is -2.20. The van der Waals surface area contributed by atoms with Crippen molar-refractivity contribution in [2.75, 3.05) is 5.73 Å². The molecule has 0 saturated heterocycles. The molecule has 0 amide bonds. The molecule has 0 unspecified atom stereocenters. The molecule has 2 heterocycles. The zero-order valence-electron chi connectivity index (χ0n) is 11.3. The molecule has 0 fully saturated rings. The minimum absolute atomic E-state index is 0.0870. The van der Waals surface area contributed by atoms with Gasteiger partial charge in [-0.1, -0.05) is 32.1 Å². The molecule has 0 aliphatic carbocycles. The Morgan fingerprint density at radius 1 is 1.33 bits per heavy atom. The second kappa shape index (κ2) is 4.40. The van der Waals surface area contributed by atoms with Crippen molar-refractivity contribution in [1.29, 1.82) is 0 Å². The van der Waals surface area contributed by atoms with E-state index in [-0.39, 0.29) is 5.41 Å². The first-order valence-corrected chi connectivity index (χ1v) is 5.99. The van der Waals surface area contributed by atoms with Crippen molar-refractivity contribution >= 4 is 5.82 Å². The number of hydrogen-bond donors (Lipinski definition) is 1. The van der Waals surface area contributed by atoms with E-state index in [4.69, 9.17) is 5.73 Å². The minimum Gasteiger partial charge on any atom is -0.381 e. The van der Waals surface area contributed by atoms with Crippen molar-refractivity contribution in [2.45, 2.75) is 39.7 Å². The van der Waals surface area contributed by atoms with Crippen LogP contribution in [0, 0.1) is 6.92 Å². The van der Waals surface area contributed by atoms with Gasteiger partial charge in [0.1, 0.15) is 0 Å². The minimum atomic E-state index is -0.0870. The lowest BCUT2D eigenvalue weighted by Crippen LogP contribution is -2.21. The Hall–Kier alpha value is -1.91. The van der Waals surface area contributed by atoms with Gasteiger partial charge in [-0.3, -0.25) is 4.98 Å². The molecule has 2 aromatic rings. The number of nitrogen functional groups attached to an aromatic ring is 1. The Morgan fingerprint density at radius 2 is 2.06 bits per heavy atom. The number of aromatic nitrogens is 4. The molecule has 0 aliphatic rings. The predicted molar refractivity (Wildman–Crippen MR) is 71.2 cm³/mol.